The third-order valence-electron chi connectivity index (χ3n) is 2.59. The summed E-state index contributed by atoms with van der Waals surface area (Å²) in [5.74, 6) is 0.792. The van der Waals surface area contributed by atoms with Gasteiger partial charge in [-0.15, -0.1) is 0 Å². The van der Waals surface area contributed by atoms with Gasteiger partial charge in [0.2, 0.25) is 0 Å². The molecule has 3 heteroatoms. The first-order valence-corrected chi connectivity index (χ1v) is 5.66. The van der Waals surface area contributed by atoms with Crippen LogP contribution in [0.4, 0.5) is 0 Å². The van der Waals surface area contributed by atoms with Crippen molar-refractivity contribution in [2.24, 2.45) is 0 Å². The zero-order chi connectivity index (χ0) is 12.0. The van der Waals surface area contributed by atoms with E-state index in [9.17, 15) is 5.11 Å². The Hall–Kier alpha value is -1.06. The van der Waals surface area contributed by atoms with Crippen molar-refractivity contribution in [3.05, 3.63) is 29.8 Å². The van der Waals surface area contributed by atoms with E-state index in [1.54, 1.807) is 7.11 Å². The molecular weight excluding hydrogens is 204 g/mol. The minimum Gasteiger partial charge on any atom is -0.497 e. The molecular formula is C13H20O3. The van der Waals surface area contributed by atoms with E-state index in [2.05, 4.69) is 0 Å². The summed E-state index contributed by atoms with van der Waals surface area (Å²) in [6.07, 6.45) is 0.0790. The molecule has 0 aliphatic heterocycles. The summed E-state index contributed by atoms with van der Waals surface area (Å²) < 4.78 is 10.6. The molecule has 90 valence electrons. The van der Waals surface area contributed by atoms with Gasteiger partial charge in [-0.1, -0.05) is 19.1 Å². The Morgan fingerprint density at radius 2 is 1.81 bits per heavy atom. The first-order valence-electron chi connectivity index (χ1n) is 5.66. The summed E-state index contributed by atoms with van der Waals surface area (Å²) in [4.78, 5) is 0. The molecule has 0 spiro atoms. The predicted molar refractivity (Wildman–Crippen MR) is 63.7 cm³/mol. The monoisotopic (exact) mass is 224 g/mol. The van der Waals surface area contributed by atoms with Crippen LogP contribution in [-0.4, -0.2) is 24.9 Å². The van der Waals surface area contributed by atoms with Gasteiger partial charge in [-0.05, 0) is 31.0 Å². The molecule has 1 rings (SSSR count). The summed E-state index contributed by atoms with van der Waals surface area (Å²) in [6, 6.07) is 7.42. The van der Waals surface area contributed by atoms with Gasteiger partial charge in [-0.25, -0.2) is 0 Å². The molecule has 0 radical (unpaired) electrons. The van der Waals surface area contributed by atoms with Gasteiger partial charge in [0.1, 0.15) is 11.9 Å². The molecule has 1 aromatic rings. The smallest absolute Gasteiger partial charge is 0.118 e. The Bertz CT molecular complexity index is 295. The lowest BCUT2D eigenvalue weighted by molar-refractivity contribution is -0.0356. The van der Waals surface area contributed by atoms with Crippen molar-refractivity contribution in [1.82, 2.24) is 0 Å². The molecule has 3 nitrogen and oxygen atoms in total. The molecule has 0 aliphatic carbocycles. The summed E-state index contributed by atoms with van der Waals surface area (Å²) >= 11 is 0. The fourth-order valence-electron chi connectivity index (χ4n) is 1.66. The van der Waals surface area contributed by atoms with Gasteiger partial charge in [0.25, 0.3) is 0 Å². The lowest BCUT2D eigenvalue weighted by Crippen LogP contribution is -2.21. The van der Waals surface area contributed by atoms with Gasteiger partial charge in [0.05, 0.1) is 13.2 Å². The molecule has 0 saturated heterocycles. The molecule has 0 heterocycles. The molecule has 1 N–H and O–H groups in total. The van der Waals surface area contributed by atoms with Crippen LogP contribution in [0.2, 0.25) is 0 Å². The fourth-order valence-corrected chi connectivity index (χ4v) is 1.66. The molecule has 2 unspecified atom stereocenters. The molecule has 2 atom stereocenters. The third-order valence-corrected chi connectivity index (χ3v) is 2.59. The molecule has 0 amide bonds. The molecule has 16 heavy (non-hydrogen) atoms. The van der Waals surface area contributed by atoms with E-state index in [-0.39, 0.29) is 6.10 Å². The highest BCUT2D eigenvalue weighted by Gasteiger charge is 2.19. The molecule has 0 aromatic heterocycles. The van der Waals surface area contributed by atoms with Crippen LogP contribution in [0, 0.1) is 0 Å². The Labute approximate surface area is 97.0 Å². The minimum absolute atomic E-state index is 0.140. The van der Waals surface area contributed by atoms with Gasteiger partial charge in [0, 0.05) is 6.61 Å². The number of benzene rings is 1. The highest BCUT2D eigenvalue weighted by molar-refractivity contribution is 5.28. The van der Waals surface area contributed by atoms with Gasteiger partial charge in [-0.2, -0.15) is 0 Å². The van der Waals surface area contributed by atoms with Crippen LogP contribution in [0.15, 0.2) is 24.3 Å². The highest BCUT2D eigenvalue weighted by Crippen LogP contribution is 2.23. The predicted octanol–water partition coefficient (Wildman–Crippen LogP) is 2.54. The summed E-state index contributed by atoms with van der Waals surface area (Å²) in [6.45, 7) is 4.56. The average Bonchev–Trinajstić information content (AvgIpc) is 2.35. The molecule has 0 saturated carbocycles. The quantitative estimate of drug-likeness (QED) is 0.807. The maximum atomic E-state index is 10.1. The van der Waals surface area contributed by atoms with E-state index in [0.29, 0.717) is 6.61 Å². The Morgan fingerprint density at radius 1 is 1.19 bits per heavy atom. The van der Waals surface area contributed by atoms with Gasteiger partial charge >= 0.3 is 0 Å². The van der Waals surface area contributed by atoms with Crippen LogP contribution in [0.25, 0.3) is 0 Å². The fraction of sp³-hybridized carbons (Fsp3) is 0.538. The molecule has 0 bridgehead atoms. The second-order valence-electron chi connectivity index (χ2n) is 3.62. The number of aliphatic hydroxyl groups excluding tert-OH is 1. The van der Waals surface area contributed by atoms with Crippen LogP contribution >= 0.6 is 0 Å². The molecule has 0 fully saturated rings. The number of methoxy groups -OCH3 is 1. The number of aliphatic hydroxyl groups is 1. The largest absolute Gasteiger partial charge is 0.497 e. The topological polar surface area (TPSA) is 38.7 Å². The Balaban J connectivity index is 2.73. The van der Waals surface area contributed by atoms with E-state index < -0.39 is 6.10 Å². The van der Waals surface area contributed by atoms with E-state index >= 15 is 0 Å². The maximum Gasteiger partial charge on any atom is 0.118 e. The first-order chi connectivity index (χ1) is 7.72. The van der Waals surface area contributed by atoms with E-state index in [0.717, 1.165) is 17.7 Å². The molecule has 1 aromatic carbocycles. The third kappa shape index (κ3) is 3.22. The molecule has 0 aliphatic rings. The standard InChI is InChI=1S/C13H20O3/c1-4-12(16-5-2)13(14)10-6-8-11(15-3)9-7-10/h6-9,12-14H,4-5H2,1-3H3. The van der Waals surface area contributed by atoms with Crippen molar-refractivity contribution in [3.63, 3.8) is 0 Å². The minimum atomic E-state index is -0.573. The van der Waals surface area contributed by atoms with Crippen LogP contribution < -0.4 is 4.74 Å². The average molecular weight is 224 g/mol. The number of hydrogen-bond acceptors (Lipinski definition) is 3. The summed E-state index contributed by atoms with van der Waals surface area (Å²) in [5, 5.41) is 10.1. The highest BCUT2D eigenvalue weighted by atomic mass is 16.5. The SMILES string of the molecule is CCOC(CC)C(O)c1ccc(OC)cc1. The van der Waals surface area contributed by atoms with Crippen molar-refractivity contribution in [1.29, 1.82) is 0 Å². The van der Waals surface area contributed by atoms with E-state index in [1.165, 1.54) is 0 Å². The zero-order valence-electron chi connectivity index (χ0n) is 10.1. The number of rotatable bonds is 6. The second-order valence-corrected chi connectivity index (χ2v) is 3.62. The van der Waals surface area contributed by atoms with Crippen LogP contribution in [0.5, 0.6) is 5.75 Å². The zero-order valence-corrected chi connectivity index (χ0v) is 10.1. The first kappa shape index (κ1) is 13.0. The van der Waals surface area contributed by atoms with Gasteiger partial charge in [0.15, 0.2) is 0 Å². The Morgan fingerprint density at radius 3 is 2.25 bits per heavy atom. The van der Waals surface area contributed by atoms with E-state index in [1.807, 2.05) is 38.1 Å². The van der Waals surface area contributed by atoms with Crippen molar-refractivity contribution < 1.29 is 14.6 Å². The van der Waals surface area contributed by atoms with Crippen molar-refractivity contribution >= 4 is 0 Å². The lowest BCUT2D eigenvalue weighted by Gasteiger charge is -2.21. The van der Waals surface area contributed by atoms with E-state index in [4.69, 9.17) is 9.47 Å². The number of ether oxygens (including phenoxy) is 2. The van der Waals surface area contributed by atoms with Crippen LogP contribution in [-0.2, 0) is 4.74 Å². The second kappa shape index (κ2) is 6.51. The number of hydrogen-bond donors (Lipinski definition) is 1. The van der Waals surface area contributed by atoms with Crippen LogP contribution in [0.3, 0.4) is 0 Å². The summed E-state index contributed by atoms with van der Waals surface area (Å²) in [7, 11) is 1.63. The van der Waals surface area contributed by atoms with Gasteiger partial charge < -0.3 is 14.6 Å². The maximum absolute atomic E-state index is 10.1. The summed E-state index contributed by atoms with van der Waals surface area (Å²) in [5.41, 5.74) is 0.862. The van der Waals surface area contributed by atoms with Crippen molar-refractivity contribution in [2.75, 3.05) is 13.7 Å². The normalized spacial score (nSPS) is 14.5. The van der Waals surface area contributed by atoms with Crippen molar-refractivity contribution in [2.45, 2.75) is 32.5 Å². The van der Waals surface area contributed by atoms with Crippen LogP contribution in [0.1, 0.15) is 31.9 Å². The van der Waals surface area contributed by atoms with Crippen molar-refractivity contribution in [3.8, 4) is 5.75 Å². The van der Waals surface area contributed by atoms with Gasteiger partial charge in [-0.3, -0.25) is 0 Å². The Kier molecular flexibility index (Phi) is 5.29. The lowest BCUT2D eigenvalue weighted by atomic mass is 10.0.